The Morgan fingerprint density at radius 3 is 2.73 bits per heavy atom. The lowest BCUT2D eigenvalue weighted by Gasteiger charge is -2.08. The number of carbonyl (C=O) groups excluding carboxylic acids is 1. The maximum absolute atomic E-state index is 12.8. The third-order valence-corrected chi connectivity index (χ3v) is 4.30. The smallest absolute Gasteiger partial charge is 0.356 e. The summed E-state index contributed by atoms with van der Waals surface area (Å²) in [4.78, 5) is 11.9. The lowest BCUT2D eigenvalue weighted by Crippen LogP contribution is -2.26. The molecule has 0 saturated heterocycles. The fraction of sp³-hybridized carbons (Fsp3) is 0.588. The normalized spacial score (nSPS) is 14.6. The predicted molar refractivity (Wildman–Crippen MR) is 88.4 cm³/mol. The highest BCUT2D eigenvalue weighted by molar-refractivity contribution is 5.75. The number of nitrogens with zero attached hydrogens (tertiary/aromatic N) is 4. The zero-order chi connectivity index (χ0) is 18.7. The molecule has 3 rings (SSSR count). The van der Waals surface area contributed by atoms with Gasteiger partial charge in [0.2, 0.25) is 5.91 Å². The summed E-state index contributed by atoms with van der Waals surface area (Å²) in [5, 5.41) is 10.6. The van der Waals surface area contributed by atoms with Crippen LogP contribution in [0.15, 0.2) is 18.5 Å². The van der Waals surface area contributed by atoms with E-state index < -0.39 is 11.9 Å². The molecule has 0 aliphatic heterocycles. The van der Waals surface area contributed by atoms with Crippen molar-refractivity contribution in [3.8, 4) is 0 Å². The number of hydrogen-bond acceptors (Lipinski definition) is 3. The molecule has 0 aromatic carbocycles. The van der Waals surface area contributed by atoms with Gasteiger partial charge in [-0.05, 0) is 37.8 Å². The van der Waals surface area contributed by atoms with Gasteiger partial charge in [0.05, 0.1) is 6.20 Å². The van der Waals surface area contributed by atoms with Gasteiger partial charge in [0.15, 0.2) is 5.69 Å². The van der Waals surface area contributed by atoms with Gasteiger partial charge in [0.1, 0.15) is 0 Å². The second kappa shape index (κ2) is 7.51. The fourth-order valence-electron chi connectivity index (χ4n) is 2.81. The Morgan fingerprint density at radius 1 is 1.35 bits per heavy atom. The Hall–Kier alpha value is -2.32. The maximum atomic E-state index is 12.8. The van der Waals surface area contributed by atoms with E-state index in [0.29, 0.717) is 18.8 Å². The summed E-state index contributed by atoms with van der Waals surface area (Å²) in [7, 11) is 0. The van der Waals surface area contributed by atoms with Crippen LogP contribution in [0, 0.1) is 6.92 Å². The number of alkyl halides is 3. The van der Waals surface area contributed by atoms with Crippen LogP contribution < -0.4 is 5.32 Å². The minimum Gasteiger partial charge on any atom is -0.356 e. The van der Waals surface area contributed by atoms with Crippen LogP contribution in [0.5, 0.6) is 0 Å². The van der Waals surface area contributed by atoms with E-state index in [1.165, 1.54) is 4.68 Å². The highest BCUT2D eigenvalue weighted by Crippen LogP contribution is 2.42. The molecule has 0 atom stereocenters. The SMILES string of the molecule is Cc1cnn(CCCNC(=O)CCn2nc(C(F)(F)F)cc2C2CC2)c1. The number of aromatic nitrogens is 4. The molecule has 2 aromatic rings. The molecular weight excluding hydrogens is 347 g/mol. The first-order valence-corrected chi connectivity index (χ1v) is 8.73. The van der Waals surface area contributed by atoms with Gasteiger partial charge in [-0.1, -0.05) is 0 Å². The molecule has 0 radical (unpaired) electrons. The first-order valence-electron chi connectivity index (χ1n) is 8.73. The number of nitrogens with one attached hydrogen (secondary N) is 1. The van der Waals surface area contributed by atoms with Crippen molar-refractivity contribution >= 4 is 5.91 Å². The summed E-state index contributed by atoms with van der Waals surface area (Å²) in [6, 6.07) is 1.11. The number of amides is 1. The Kier molecular flexibility index (Phi) is 5.33. The van der Waals surface area contributed by atoms with Crippen LogP contribution in [-0.2, 0) is 24.1 Å². The minimum atomic E-state index is -4.46. The molecule has 6 nitrogen and oxygen atoms in total. The Morgan fingerprint density at radius 2 is 2.12 bits per heavy atom. The number of carbonyl (C=O) groups is 1. The van der Waals surface area contributed by atoms with Crippen molar-refractivity contribution in [2.45, 2.75) is 57.8 Å². The summed E-state index contributed by atoms with van der Waals surface area (Å²) in [5.74, 6) is -0.0494. The Labute approximate surface area is 149 Å². The van der Waals surface area contributed by atoms with Crippen LogP contribution >= 0.6 is 0 Å². The van der Waals surface area contributed by atoms with Gasteiger partial charge < -0.3 is 5.32 Å². The molecule has 1 amide bonds. The van der Waals surface area contributed by atoms with Crippen LogP contribution in [0.25, 0.3) is 0 Å². The van der Waals surface area contributed by atoms with Crippen LogP contribution in [0.4, 0.5) is 13.2 Å². The molecule has 1 aliphatic rings. The first-order chi connectivity index (χ1) is 12.3. The van der Waals surface area contributed by atoms with Crippen LogP contribution in [0.1, 0.15) is 48.6 Å². The van der Waals surface area contributed by atoms with Gasteiger partial charge in [-0.25, -0.2) is 0 Å². The monoisotopic (exact) mass is 369 g/mol. The summed E-state index contributed by atoms with van der Waals surface area (Å²) in [6.45, 7) is 3.32. The average Bonchev–Trinajstić information content (AvgIpc) is 3.18. The molecule has 1 aliphatic carbocycles. The van der Waals surface area contributed by atoms with Crippen molar-refractivity contribution in [1.82, 2.24) is 24.9 Å². The molecule has 2 heterocycles. The van der Waals surface area contributed by atoms with Crippen molar-refractivity contribution in [3.05, 3.63) is 35.4 Å². The van der Waals surface area contributed by atoms with Crippen molar-refractivity contribution in [2.75, 3.05) is 6.54 Å². The van der Waals surface area contributed by atoms with Gasteiger partial charge in [-0.2, -0.15) is 23.4 Å². The zero-order valence-electron chi connectivity index (χ0n) is 14.6. The highest BCUT2D eigenvalue weighted by Gasteiger charge is 2.37. The molecule has 26 heavy (non-hydrogen) atoms. The Bertz CT molecular complexity index is 761. The van der Waals surface area contributed by atoms with Gasteiger partial charge in [-0.15, -0.1) is 0 Å². The molecule has 2 aromatic heterocycles. The molecule has 0 bridgehead atoms. The second-order valence-corrected chi connectivity index (χ2v) is 6.68. The quantitative estimate of drug-likeness (QED) is 0.728. The van der Waals surface area contributed by atoms with E-state index >= 15 is 0 Å². The third kappa shape index (κ3) is 4.86. The van der Waals surface area contributed by atoms with Gasteiger partial charge in [-0.3, -0.25) is 14.2 Å². The van der Waals surface area contributed by atoms with Gasteiger partial charge >= 0.3 is 6.18 Å². The Balaban J connectivity index is 1.44. The molecule has 0 spiro atoms. The lowest BCUT2D eigenvalue weighted by atomic mass is 10.2. The third-order valence-electron chi connectivity index (χ3n) is 4.30. The summed E-state index contributed by atoms with van der Waals surface area (Å²) in [5.41, 5.74) is 0.784. The number of halogens is 3. The fourth-order valence-corrected chi connectivity index (χ4v) is 2.81. The molecular formula is C17H22F3N5O. The van der Waals surface area contributed by atoms with E-state index in [1.54, 1.807) is 6.20 Å². The molecule has 1 N–H and O–H groups in total. The molecule has 142 valence electrons. The van der Waals surface area contributed by atoms with Crippen molar-refractivity contribution in [2.24, 2.45) is 0 Å². The van der Waals surface area contributed by atoms with Crippen molar-refractivity contribution in [3.63, 3.8) is 0 Å². The van der Waals surface area contributed by atoms with E-state index in [0.717, 1.165) is 30.9 Å². The minimum absolute atomic E-state index is 0.111. The topological polar surface area (TPSA) is 64.7 Å². The van der Waals surface area contributed by atoms with E-state index in [1.807, 2.05) is 17.8 Å². The van der Waals surface area contributed by atoms with E-state index in [9.17, 15) is 18.0 Å². The van der Waals surface area contributed by atoms with Gasteiger partial charge in [0.25, 0.3) is 0 Å². The largest absolute Gasteiger partial charge is 0.435 e. The predicted octanol–water partition coefficient (Wildman–Crippen LogP) is 2.88. The van der Waals surface area contributed by atoms with Crippen LogP contribution in [-0.4, -0.2) is 32.0 Å². The van der Waals surface area contributed by atoms with E-state index in [-0.39, 0.29) is 24.8 Å². The average molecular weight is 369 g/mol. The van der Waals surface area contributed by atoms with Gasteiger partial charge in [0, 0.05) is 43.9 Å². The van der Waals surface area contributed by atoms with Crippen LogP contribution in [0.2, 0.25) is 0 Å². The molecule has 1 fully saturated rings. The maximum Gasteiger partial charge on any atom is 0.435 e. The number of hydrogen-bond donors (Lipinski definition) is 1. The van der Waals surface area contributed by atoms with Crippen LogP contribution in [0.3, 0.4) is 0 Å². The molecule has 0 unspecified atom stereocenters. The number of rotatable bonds is 8. The van der Waals surface area contributed by atoms with Crippen molar-refractivity contribution in [1.29, 1.82) is 0 Å². The summed E-state index contributed by atoms with van der Waals surface area (Å²) in [6.07, 6.45) is 1.85. The summed E-state index contributed by atoms with van der Waals surface area (Å²) < 4.78 is 41.7. The molecule has 1 saturated carbocycles. The first kappa shape index (κ1) is 18.5. The van der Waals surface area contributed by atoms with E-state index in [4.69, 9.17) is 0 Å². The molecule has 9 heteroatoms. The lowest BCUT2D eigenvalue weighted by molar-refractivity contribution is -0.141. The number of aryl methyl sites for hydroxylation is 3. The highest BCUT2D eigenvalue weighted by atomic mass is 19.4. The summed E-state index contributed by atoms with van der Waals surface area (Å²) >= 11 is 0. The second-order valence-electron chi connectivity index (χ2n) is 6.68. The van der Waals surface area contributed by atoms with E-state index in [2.05, 4.69) is 15.5 Å². The zero-order valence-corrected chi connectivity index (χ0v) is 14.6. The van der Waals surface area contributed by atoms with Crippen molar-refractivity contribution < 1.29 is 18.0 Å². The standard InChI is InChI=1S/C17H22F3N5O/c1-12-10-22-24(11-12)7-2-6-21-16(26)5-8-25-14(13-3-4-13)9-15(23-25)17(18,19)20/h9-11,13H,2-8H2,1H3,(H,21,26).